The van der Waals surface area contributed by atoms with E-state index in [9.17, 15) is 4.79 Å². The van der Waals surface area contributed by atoms with Gasteiger partial charge < -0.3 is 4.98 Å². The van der Waals surface area contributed by atoms with E-state index in [0.717, 1.165) is 43.6 Å². The molecule has 0 aliphatic heterocycles. The molecule has 16 heavy (non-hydrogen) atoms. The Kier molecular flexibility index (Phi) is 2.47. The molecule has 1 aliphatic rings. The number of carbonyl (C=O) groups is 1. The third-order valence-electron chi connectivity index (χ3n) is 3.04. The van der Waals surface area contributed by atoms with Crippen LogP contribution in [-0.2, 0) is 6.42 Å². The van der Waals surface area contributed by atoms with Gasteiger partial charge in [-0.25, -0.2) is 0 Å². The molecular weight excluding hydrogens is 336 g/mol. The molecule has 0 unspecified atom stereocenters. The highest BCUT2D eigenvalue weighted by molar-refractivity contribution is 14.1. The molecule has 82 valence electrons. The van der Waals surface area contributed by atoms with Crippen molar-refractivity contribution < 1.29 is 4.79 Å². The first-order chi connectivity index (χ1) is 7.66. The fourth-order valence-corrected chi connectivity index (χ4v) is 3.49. The number of rotatable bonds is 0. The maximum atomic E-state index is 11.8. The topological polar surface area (TPSA) is 32.9 Å². The van der Waals surface area contributed by atoms with Gasteiger partial charge >= 0.3 is 0 Å². The number of benzene rings is 1. The van der Waals surface area contributed by atoms with E-state index in [4.69, 9.17) is 11.6 Å². The van der Waals surface area contributed by atoms with Crippen LogP contribution in [-0.4, -0.2) is 10.8 Å². The number of hydrogen-bond donors (Lipinski definition) is 1. The minimum Gasteiger partial charge on any atom is -0.351 e. The Morgan fingerprint density at radius 3 is 2.94 bits per heavy atom. The van der Waals surface area contributed by atoms with Crippen molar-refractivity contribution in [3.63, 3.8) is 0 Å². The lowest BCUT2D eigenvalue weighted by atomic mass is 9.95. The second kappa shape index (κ2) is 3.74. The van der Waals surface area contributed by atoms with Gasteiger partial charge in [0.1, 0.15) is 0 Å². The van der Waals surface area contributed by atoms with E-state index < -0.39 is 0 Å². The van der Waals surface area contributed by atoms with Gasteiger partial charge in [-0.1, -0.05) is 11.6 Å². The number of aryl methyl sites for hydroxylation is 1. The third kappa shape index (κ3) is 1.49. The summed E-state index contributed by atoms with van der Waals surface area (Å²) in [5.41, 5.74) is 2.98. The van der Waals surface area contributed by atoms with Crippen molar-refractivity contribution in [1.82, 2.24) is 4.98 Å². The Hall–Kier alpha value is -0.550. The first-order valence-corrected chi connectivity index (χ1v) is 6.65. The van der Waals surface area contributed by atoms with Gasteiger partial charge in [-0.3, -0.25) is 4.79 Å². The number of halogens is 2. The molecule has 0 saturated heterocycles. The Labute approximate surface area is 112 Å². The van der Waals surface area contributed by atoms with E-state index >= 15 is 0 Å². The van der Waals surface area contributed by atoms with Crippen LogP contribution in [0.2, 0.25) is 5.02 Å². The molecule has 0 amide bonds. The van der Waals surface area contributed by atoms with Crippen molar-refractivity contribution in [2.45, 2.75) is 19.3 Å². The van der Waals surface area contributed by atoms with Gasteiger partial charge in [0.2, 0.25) is 0 Å². The third-order valence-corrected chi connectivity index (χ3v) is 4.11. The molecule has 0 atom stereocenters. The summed E-state index contributed by atoms with van der Waals surface area (Å²) in [6.45, 7) is 0. The normalized spacial score (nSPS) is 15.5. The Morgan fingerprint density at radius 2 is 2.12 bits per heavy atom. The lowest BCUT2D eigenvalue weighted by molar-refractivity contribution is 0.0968. The maximum absolute atomic E-state index is 11.8. The highest BCUT2D eigenvalue weighted by Gasteiger charge is 2.22. The van der Waals surface area contributed by atoms with E-state index in [1.807, 2.05) is 12.1 Å². The van der Waals surface area contributed by atoms with Gasteiger partial charge in [0.15, 0.2) is 5.78 Å². The molecule has 0 radical (unpaired) electrons. The number of aromatic nitrogens is 1. The van der Waals surface area contributed by atoms with Crippen LogP contribution in [0.3, 0.4) is 0 Å². The van der Waals surface area contributed by atoms with Crippen molar-refractivity contribution in [1.29, 1.82) is 0 Å². The Balaban J connectivity index is 2.40. The fraction of sp³-hybridized carbons (Fsp3) is 0.250. The molecule has 0 fully saturated rings. The molecule has 1 aromatic carbocycles. The zero-order chi connectivity index (χ0) is 11.3. The number of hydrogen-bond acceptors (Lipinski definition) is 1. The fourth-order valence-electron chi connectivity index (χ4n) is 2.32. The van der Waals surface area contributed by atoms with E-state index in [-0.39, 0.29) is 5.78 Å². The van der Waals surface area contributed by atoms with Crippen molar-refractivity contribution in [2.75, 3.05) is 0 Å². The van der Waals surface area contributed by atoms with Crippen LogP contribution in [0, 0.1) is 3.57 Å². The lowest BCUT2D eigenvalue weighted by Gasteiger charge is -2.09. The summed E-state index contributed by atoms with van der Waals surface area (Å²) in [5, 5.41) is 1.84. The van der Waals surface area contributed by atoms with Crippen LogP contribution in [0.5, 0.6) is 0 Å². The summed E-state index contributed by atoms with van der Waals surface area (Å²) in [6.07, 6.45) is 2.57. The largest absolute Gasteiger partial charge is 0.351 e. The Morgan fingerprint density at radius 1 is 1.31 bits per heavy atom. The summed E-state index contributed by atoms with van der Waals surface area (Å²) >= 11 is 8.30. The summed E-state index contributed by atoms with van der Waals surface area (Å²) in [4.78, 5) is 15.0. The Bertz CT molecular complexity index is 603. The van der Waals surface area contributed by atoms with Gasteiger partial charge in [0.05, 0.1) is 11.2 Å². The lowest BCUT2D eigenvalue weighted by Crippen LogP contribution is -2.09. The highest BCUT2D eigenvalue weighted by atomic mass is 127. The number of ketones is 1. The summed E-state index contributed by atoms with van der Waals surface area (Å²) in [7, 11) is 0. The molecule has 2 aromatic rings. The number of aromatic amines is 1. The van der Waals surface area contributed by atoms with Gasteiger partial charge in [-0.05, 0) is 53.1 Å². The number of carbonyl (C=O) groups excluding carboxylic acids is 1. The van der Waals surface area contributed by atoms with Crippen LogP contribution in [0.15, 0.2) is 12.1 Å². The number of Topliss-reactive ketones (excluding diaryl/α,β-unsaturated/α-hetero) is 1. The molecule has 0 spiro atoms. The number of H-pyrrole nitrogens is 1. The number of nitrogens with one attached hydrogen (secondary N) is 1. The summed E-state index contributed by atoms with van der Waals surface area (Å²) < 4.78 is 1.07. The second-order valence-electron chi connectivity index (χ2n) is 4.07. The molecule has 1 N–H and O–H groups in total. The quantitative estimate of drug-likeness (QED) is 0.721. The summed E-state index contributed by atoms with van der Waals surface area (Å²) in [6, 6.07) is 3.86. The number of fused-ring (bicyclic) bond motifs is 3. The van der Waals surface area contributed by atoms with Crippen molar-refractivity contribution in [2.24, 2.45) is 0 Å². The predicted octanol–water partition coefficient (Wildman–Crippen LogP) is 3.94. The molecule has 0 bridgehead atoms. The molecule has 4 heteroatoms. The monoisotopic (exact) mass is 345 g/mol. The van der Waals surface area contributed by atoms with Crippen LogP contribution >= 0.6 is 34.2 Å². The van der Waals surface area contributed by atoms with Crippen molar-refractivity contribution in [3.05, 3.63) is 32.0 Å². The van der Waals surface area contributed by atoms with Crippen LogP contribution in [0.25, 0.3) is 10.9 Å². The van der Waals surface area contributed by atoms with Gasteiger partial charge in [-0.15, -0.1) is 0 Å². The average molecular weight is 346 g/mol. The molecule has 1 aromatic heterocycles. The van der Waals surface area contributed by atoms with E-state index in [2.05, 4.69) is 27.6 Å². The minimum atomic E-state index is 0.226. The smallest absolute Gasteiger partial charge is 0.179 e. The average Bonchev–Trinajstić information content (AvgIpc) is 2.59. The minimum absolute atomic E-state index is 0.226. The van der Waals surface area contributed by atoms with Crippen molar-refractivity contribution in [3.8, 4) is 0 Å². The zero-order valence-electron chi connectivity index (χ0n) is 8.44. The standard InChI is InChI=1S/C12H9ClINO/c13-6-4-8-7-2-1-3-10(16)12(7)15-11(8)9(14)5-6/h4-5,15H,1-3H2. The molecule has 3 rings (SSSR count). The highest BCUT2D eigenvalue weighted by Crippen LogP contribution is 2.33. The van der Waals surface area contributed by atoms with Gasteiger partial charge in [0.25, 0.3) is 0 Å². The zero-order valence-corrected chi connectivity index (χ0v) is 11.4. The maximum Gasteiger partial charge on any atom is 0.179 e. The van der Waals surface area contributed by atoms with Gasteiger partial charge in [0, 0.05) is 20.4 Å². The predicted molar refractivity (Wildman–Crippen MR) is 73.3 cm³/mol. The van der Waals surface area contributed by atoms with Crippen LogP contribution < -0.4 is 0 Å². The van der Waals surface area contributed by atoms with E-state index in [1.165, 1.54) is 0 Å². The molecule has 1 aliphatic carbocycles. The first kappa shape index (κ1) is 10.6. The molecule has 0 saturated carbocycles. The van der Waals surface area contributed by atoms with E-state index in [1.54, 1.807) is 0 Å². The molecule has 1 heterocycles. The molecule has 2 nitrogen and oxygen atoms in total. The second-order valence-corrected chi connectivity index (χ2v) is 5.66. The van der Waals surface area contributed by atoms with Crippen molar-refractivity contribution >= 4 is 50.9 Å². The summed E-state index contributed by atoms with van der Waals surface area (Å²) in [5.74, 6) is 0.226. The molecular formula is C12H9ClINO. The van der Waals surface area contributed by atoms with Crippen LogP contribution in [0.1, 0.15) is 28.9 Å². The first-order valence-electron chi connectivity index (χ1n) is 5.19. The van der Waals surface area contributed by atoms with Gasteiger partial charge in [-0.2, -0.15) is 0 Å². The SMILES string of the molecule is O=C1CCCc2c1[nH]c1c(I)cc(Cl)cc21. The van der Waals surface area contributed by atoms with Crippen LogP contribution in [0.4, 0.5) is 0 Å². The van der Waals surface area contributed by atoms with E-state index in [0.29, 0.717) is 6.42 Å².